The molecule has 1 aliphatic rings. The minimum atomic E-state index is -0.456. The molecule has 0 atom stereocenters. The van der Waals surface area contributed by atoms with Crippen LogP contribution in [0.2, 0.25) is 0 Å². The van der Waals surface area contributed by atoms with Gasteiger partial charge in [-0.3, -0.25) is 9.59 Å². The third-order valence-electron chi connectivity index (χ3n) is 4.12. The Morgan fingerprint density at radius 3 is 2.70 bits per heavy atom. The molecule has 0 aliphatic carbocycles. The Labute approximate surface area is 135 Å². The van der Waals surface area contributed by atoms with E-state index >= 15 is 0 Å². The van der Waals surface area contributed by atoms with Crippen molar-refractivity contribution in [2.45, 2.75) is 33.1 Å². The maximum absolute atomic E-state index is 12.2. The fourth-order valence-electron chi connectivity index (χ4n) is 2.89. The second kappa shape index (κ2) is 7.30. The van der Waals surface area contributed by atoms with E-state index in [-0.39, 0.29) is 11.8 Å². The molecule has 0 saturated carbocycles. The first-order valence-corrected chi connectivity index (χ1v) is 7.79. The van der Waals surface area contributed by atoms with Crippen molar-refractivity contribution < 1.29 is 19.1 Å². The number of nitrogens with zero attached hydrogens (tertiary/aromatic N) is 1. The fourth-order valence-corrected chi connectivity index (χ4v) is 2.89. The van der Waals surface area contributed by atoms with Gasteiger partial charge in [-0.05, 0) is 32.3 Å². The van der Waals surface area contributed by atoms with E-state index in [0.717, 1.165) is 13.0 Å². The molecule has 1 aromatic heterocycles. The van der Waals surface area contributed by atoms with E-state index in [1.54, 1.807) is 13.8 Å². The molecular weight excluding hydrogens is 298 g/mol. The number of carbonyl (C=O) groups is 3. The van der Waals surface area contributed by atoms with Gasteiger partial charge < -0.3 is 19.9 Å². The lowest BCUT2D eigenvalue weighted by atomic mass is 10.1. The number of aryl methyl sites for hydroxylation is 1. The van der Waals surface area contributed by atoms with Crippen molar-refractivity contribution in [2.24, 2.45) is 0 Å². The summed E-state index contributed by atoms with van der Waals surface area (Å²) in [5.74, 6) is -0.522. The summed E-state index contributed by atoms with van der Waals surface area (Å²) >= 11 is 0. The molecule has 0 radical (unpaired) electrons. The number of carbonyl (C=O) groups excluding carboxylic acids is 3. The van der Waals surface area contributed by atoms with E-state index in [1.807, 2.05) is 4.90 Å². The van der Waals surface area contributed by atoms with E-state index in [0.29, 0.717) is 48.4 Å². The molecule has 126 valence electrons. The Balaban J connectivity index is 1.88. The molecule has 0 spiro atoms. The van der Waals surface area contributed by atoms with Crippen LogP contribution in [0.5, 0.6) is 0 Å². The first-order chi connectivity index (χ1) is 11.0. The number of aromatic nitrogens is 1. The molecule has 2 amide bonds. The monoisotopic (exact) mass is 321 g/mol. The van der Waals surface area contributed by atoms with Gasteiger partial charge in [-0.2, -0.15) is 0 Å². The summed E-state index contributed by atoms with van der Waals surface area (Å²) in [5.41, 5.74) is 1.98. The van der Waals surface area contributed by atoms with Crippen LogP contribution in [-0.2, 0) is 9.53 Å². The average Bonchev–Trinajstić information content (AvgIpc) is 3.06. The summed E-state index contributed by atoms with van der Waals surface area (Å²) in [7, 11) is 1.31. The number of hydrogen-bond donors (Lipinski definition) is 2. The number of methoxy groups -OCH3 is 1. The first-order valence-electron chi connectivity index (χ1n) is 7.79. The van der Waals surface area contributed by atoms with Crippen molar-refractivity contribution in [1.29, 1.82) is 0 Å². The van der Waals surface area contributed by atoms with Gasteiger partial charge in [0.05, 0.1) is 12.7 Å². The maximum Gasteiger partial charge on any atom is 0.339 e. The summed E-state index contributed by atoms with van der Waals surface area (Å²) in [6.45, 7) is 5.40. The van der Waals surface area contributed by atoms with Gasteiger partial charge in [0.15, 0.2) is 0 Å². The van der Waals surface area contributed by atoms with Gasteiger partial charge in [-0.15, -0.1) is 0 Å². The minimum absolute atomic E-state index is 0.190. The lowest BCUT2D eigenvalue weighted by Crippen LogP contribution is -2.31. The molecule has 2 rings (SSSR count). The van der Waals surface area contributed by atoms with E-state index < -0.39 is 5.97 Å². The maximum atomic E-state index is 12.2. The standard InChI is InChI=1S/C16H23N3O4/c1-10-13(16(22)23-3)11(2)18-14(10)15(21)17-7-5-9-19-8-4-6-12(19)20/h18H,4-9H2,1-3H3,(H,17,21). The Kier molecular flexibility index (Phi) is 5.41. The van der Waals surface area contributed by atoms with Crippen molar-refractivity contribution in [3.05, 3.63) is 22.5 Å². The van der Waals surface area contributed by atoms with Crippen LogP contribution in [0.15, 0.2) is 0 Å². The van der Waals surface area contributed by atoms with Crippen LogP contribution >= 0.6 is 0 Å². The molecule has 0 aromatic carbocycles. The van der Waals surface area contributed by atoms with Crippen molar-refractivity contribution in [3.8, 4) is 0 Å². The molecule has 0 bridgehead atoms. The smallest absolute Gasteiger partial charge is 0.339 e. The number of amides is 2. The second-order valence-electron chi connectivity index (χ2n) is 5.71. The summed E-state index contributed by atoms with van der Waals surface area (Å²) < 4.78 is 4.73. The Hall–Kier alpha value is -2.31. The van der Waals surface area contributed by atoms with Crippen LogP contribution in [0.25, 0.3) is 0 Å². The Morgan fingerprint density at radius 2 is 2.09 bits per heavy atom. The van der Waals surface area contributed by atoms with Crippen molar-refractivity contribution in [1.82, 2.24) is 15.2 Å². The van der Waals surface area contributed by atoms with Gasteiger partial charge >= 0.3 is 5.97 Å². The summed E-state index contributed by atoms with van der Waals surface area (Å²) in [6, 6.07) is 0. The molecule has 1 saturated heterocycles. The molecule has 0 unspecified atom stereocenters. The lowest BCUT2D eigenvalue weighted by molar-refractivity contribution is -0.127. The van der Waals surface area contributed by atoms with Crippen LogP contribution < -0.4 is 5.32 Å². The summed E-state index contributed by atoms with van der Waals surface area (Å²) in [4.78, 5) is 40.2. The predicted octanol–water partition coefficient (Wildman–Crippen LogP) is 1.16. The molecule has 23 heavy (non-hydrogen) atoms. The Bertz CT molecular complexity index is 621. The van der Waals surface area contributed by atoms with Gasteiger partial charge in [0, 0.05) is 31.7 Å². The van der Waals surface area contributed by atoms with E-state index in [4.69, 9.17) is 4.74 Å². The number of nitrogens with one attached hydrogen (secondary N) is 2. The van der Waals surface area contributed by atoms with Crippen LogP contribution in [-0.4, -0.2) is 54.4 Å². The summed E-state index contributed by atoms with van der Waals surface area (Å²) in [6.07, 6.45) is 2.26. The number of ether oxygens (including phenoxy) is 1. The molecule has 1 aliphatic heterocycles. The normalized spacial score (nSPS) is 14.2. The second-order valence-corrected chi connectivity index (χ2v) is 5.71. The molecule has 2 N–H and O–H groups in total. The van der Waals surface area contributed by atoms with E-state index in [9.17, 15) is 14.4 Å². The fraction of sp³-hybridized carbons (Fsp3) is 0.562. The van der Waals surface area contributed by atoms with Gasteiger partial charge in [0.2, 0.25) is 5.91 Å². The first kappa shape index (κ1) is 17.1. The molecule has 2 heterocycles. The number of esters is 1. The third-order valence-corrected chi connectivity index (χ3v) is 4.12. The number of aromatic amines is 1. The molecular formula is C16H23N3O4. The molecule has 1 fully saturated rings. The van der Waals surface area contributed by atoms with Crippen LogP contribution in [0, 0.1) is 13.8 Å². The topological polar surface area (TPSA) is 91.5 Å². The van der Waals surface area contributed by atoms with Crippen molar-refractivity contribution >= 4 is 17.8 Å². The number of rotatable bonds is 6. The highest BCUT2D eigenvalue weighted by Gasteiger charge is 2.22. The number of H-pyrrole nitrogens is 1. The lowest BCUT2D eigenvalue weighted by Gasteiger charge is -2.15. The highest BCUT2D eigenvalue weighted by atomic mass is 16.5. The van der Waals surface area contributed by atoms with Gasteiger partial charge in [0.25, 0.3) is 5.91 Å². The number of likely N-dealkylation sites (tertiary alicyclic amines) is 1. The SMILES string of the molecule is COC(=O)c1c(C)[nH]c(C(=O)NCCCN2CCCC2=O)c1C. The average molecular weight is 321 g/mol. The quantitative estimate of drug-likeness (QED) is 0.607. The van der Waals surface area contributed by atoms with Crippen LogP contribution in [0.1, 0.15) is 51.4 Å². The zero-order valence-corrected chi connectivity index (χ0v) is 13.8. The van der Waals surface area contributed by atoms with Crippen LogP contribution in [0.3, 0.4) is 0 Å². The molecule has 1 aromatic rings. The molecule has 7 nitrogen and oxygen atoms in total. The van der Waals surface area contributed by atoms with Gasteiger partial charge in [-0.25, -0.2) is 4.79 Å². The largest absolute Gasteiger partial charge is 0.465 e. The zero-order chi connectivity index (χ0) is 17.0. The van der Waals surface area contributed by atoms with Crippen molar-refractivity contribution in [3.63, 3.8) is 0 Å². The highest BCUT2D eigenvalue weighted by molar-refractivity contribution is 6.00. The zero-order valence-electron chi connectivity index (χ0n) is 13.8. The van der Waals surface area contributed by atoms with Crippen LogP contribution in [0.4, 0.5) is 0 Å². The van der Waals surface area contributed by atoms with Gasteiger partial charge in [-0.1, -0.05) is 0 Å². The number of hydrogen-bond acceptors (Lipinski definition) is 4. The van der Waals surface area contributed by atoms with Crippen molar-refractivity contribution in [2.75, 3.05) is 26.7 Å². The minimum Gasteiger partial charge on any atom is -0.465 e. The highest BCUT2D eigenvalue weighted by Crippen LogP contribution is 2.18. The predicted molar refractivity (Wildman–Crippen MR) is 84.4 cm³/mol. The van der Waals surface area contributed by atoms with E-state index in [2.05, 4.69) is 10.3 Å². The molecule has 7 heteroatoms. The Morgan fingerprint density at radius 1 is 1.35 bits per heavy atom. The van der Waals surface area contributed by atoms with E-state index in [1.165, 1.54) is 7.11 Å². The van der Waals surface area contributed by atoms with Gasteiger partial charge in [0.1, 0.15) is 5.69 Å². The third kappa shape index (κ3) is 3.72. The summed E-state index contributed by atoms with van der Waals surface area (Å²) in [5, 5.41) is 2.82.